The first kappa shape index (κ1) is 16.9. The Morgan fingerprint density at radius 2 is 1.29 bits per heavy atom. The van der Waals surface area contributed by atoms with Gasteiger partial charge in [-0.15, -0.1) is 0 Å². The second kappa shape index (κ2) is 8.06. The van der Waals surface area contributed by atoms with Gasteiger partial charge in [-0.05, 0) is 32.6 Å². The van der Waals surface area contributed by atoms with E-state index in [0.29, 0.717) is 13.2 Å². The Kier molecular flexibility index (Phi) is 8.01. The van der Waals surface area contributed by atoms with Crippen LogP contribution >= 0.6 is 0 Å². The van der Waals surface area contributed by atoms with Crippen LogP contribution in [0.3, 0.4) is 0 Å². The van der Waals surface area contributed by atoms with E-state index in [2.05, 4.69) is 41.5 Å². The first-order valence-electron chi connectivity index (χ1n) is 6.50. The number of ether oxygens (including phenoxy) is 3. The lowest BCUT2D eigenvalue weighted by Gasteiger charge is -2.19. The van der Waals surface area contributed by atoms with Crippen LogP contribution in [0.25, 0.3) is 0 Å². The molecule has 0 aromatic carbocycles. The Hall–Kier alpha value is -0.120. The molecule has 0 aromatic heterocycles. The van der Waals surface area contributed by atoms with Crippen molar-refractivity contribution in [3.05, 3.63) is 0 Å². The molecule has 0 bridgehead atoms. The molecule has 0 spiro atoms. The predicted molar refractivity (Wildman–Crippen MR) is 71.4 cm³/mol. The Morgan fingerprint density at radius 1 is 0.706 bits per heavy atom. The lowest BCUT2D eigenvalue weighted by Crippen LogP contribution is -2.20. The number of rotatable bonds is 8. The summed E-state index contributed by atoms with van der Waals surface area (Å²) in [6, 6.07) is 0. The fourth-order valence-corrected chi connectivity index (χ4v) is 1.14. The first-order chi connectivity index (χ1) is 7.71. The molecule has 0 unspecified atom stereocenters. The highest BCUT2D eigenvalue weighted by Gasteiger charge is 2.10. The smallest absolute Gasteiger partial charge is 0.0700 e. The highest BCUT2D eigenvalue weighted by Crippen LogP contribution is 2.12. The third-order valence-electron chi connectivity index (χ3n) is 1.88. The van der Waals surface area contributed by atoms with Crippen molar-refractivity contribution in [2.75, 3.05) is 33.0 Å². The normalized spacial score (nSPS) is 13.1. The van der Waals surface area contributed by atoms with Gasteiger partial charge in [0.05, 0.1) is 25.4 Å². The van der Waals surface area contributed by atoms with Gasteiger partial charge in [-0.1, -0.05) is 20.8 Å². The first-order valence-corrected chi connectivity index (χ1v) is 6.50. The van der Waals surface area contributed by atoms with E-state index >= 15 is 0 Å². The van der Waals surface area contributed by atoms with Gasteiger partial charge in [0.25, 0.3) is 0 Å². The fraction of sp³-hybridized carbons (Fsp3) is 1.00. The van der Waals surface area contributed by atoms with Crippen molar-refractivity contribution < 1.29 is 14.2 Å². The van der Waals surface area contributed by atoms with Crippen molar-refractivity contribution in [1.29, 1.82) is 0 Å². The Bertz CT molecular complexity index is 157. The van der Waals surface area contributed by atoms with Crippen LogP contribution in [-0.2, 0) is 14.2 Å². The third kappa shape index (κ3) is 15.9. The SMILES string of the molecule is CC(C)(C)COCCOCCCOC(C)(C)C. The topological polar surface area (TPSA) is 27.7 Å². The number of hydrogen-bond donors (Lipinski definition) is 0. The van der Waals surface area contributed by atoms with E-state index in [1.54, 1.807) is 0 Å². The molecule has 0 heterocycles. The zero-order chi connectivity index (χ0) is 13.4. The Balaban J connectivity index is 3.15. The van der Waals surface area contributed by atoms with Gasteiger partial charge in [-0.2, -0.15) is 0 Å². The van der Waals surface area contributed by atoms with Crippen LogP contribution in [0.1, 0.15) is 48.0 Å². The van der Waals surface area contributed by atoms with Crippen molar-refractivity contribution in [3.8, 4) is 0 Å². The van der Waals surface area contributed by atoms with Gasteiger partial charge in [0.2, 0.25) is 0 Å². The zero-order valence-corrected chi connectivity index (χ0v) is 12.5. The van der Waals surface area contributed by atoms with Gasteiger partial charge >= 0.3 is 0 Å². The lowest BCUT2D eigenvalue weighted by atomic mass is 9.99. The van der Waals surface area contributed by atoms with E-state index in [0.717, 1.165) is 26.2 Å². The van der Waals surface area contributed by atoms with E-state index in [9.17, 15) is 0 Å². The molecule has 3 nitrogen and oxygen atoms in total. The molecule has 0 atom stereocenters. The standard InChI is InChI=1S/C14H30O3/c1-13(2,3)12-16-11-10-15-8-7-9-17-14(4,5)6/h7-12H2,1-6H3. The second-order valence-corrected chi connectivity index (χ2v) is 6.54. The largest absolute Gasteiger partial charge is 0.379 e. The molecule has 0 aromatic rings. The van der Waals surface area contributed by atoms with E-state index in [4.69, 9.17) is 14.2 Å². The van der Waals surface area contributed by atoms with Crippen molar-refractivity contribution in [3.63, 3.8) is 0 Å². The summed E-state index contributed by atoms with van der Waals surface area (Å²) in [7, 11) is 0. The Labute approximate surface area is 107 Å². The molecule has 17 heavy (non-hydrogen) atoms. The molecule has 0 radical (unpaired) electrons. The third-order valence-corrected chi connectivity index (χ3v) is 1.88. The number of hydrogen-bond acceptors (Lipinski definition) is 3. The summed E-state index contributed by atoms with van der Waals surface area (Å²) in [6.07, 6.45) is 0.941. The van der Waals surface area contributed by atoms with Gasteiger partial charge in [0.1, 0.15) is 0 Å². The van der Waals surface area contributed by atoms with Gasteiger partial charge < -0.3 is 14.2 Å². The summed E-state index contributed by atoms with van der Waals surface area (Å²) in [5.74, 6) is 0. The van der Waals surface area contributed by atoms with Crippen LogP contribution in [0.5, 0.6) is 0 Å². The quantitative estimate of drug-likeness (QED) is 0.615. The van der Waals surface area contributed by atoms with Crippen LogP contribution in [0.15, 0.2) is 0 Å². The van der Waals surface area contributed by atoms with Crippen LogP contribution in [0, 0.1) is 5.41 Å². The summed E-state index contributed by atoms with van der Waals surface area (Å²) in [6.45, 7) is 16.3. The monoisotopic (exact) mass is 246 g/mol. The molecule has 3 heteroatoms. The molecule has 0 N–H and O–H groups in total. The van der Waals surface area contributed by atoms with Crippen molar-refractivity contribution in [1.82, 2.24) is 0 Å². The molecule has 0 saturated carbocycles. The second-order valence-electron chi connectivity index (χ2n) is 6.54. The van der Waals surface area contributed by atoms with Crippen LogP contribution in [0.4, 0.5) is 0 Å². The van der Waals surface area contributed by atoms with Gasteiger partial charge in [0.15, 0.2) is 0 Å². The minimum atomic E-state index is -0.0458. The van der Waals surface area contributed by atoms with Gasteiger partial charge in [0, 0.05) is 13.2 Å². The van der Waals surface area contributed by atoms with Crippen LogP contribution in [-0.4, -0.2) is 38.6 Å². The van der Waals surface area contributed by atoms with E-state index in [1.165, 1.54) is 0 Å². The minimum absolute atomic E-state index is 0.0458. The van der Waals surface area contributed by atoms with Crippen molar-refractivity contribution >= 4 is 0 Å². The van der Waals surface area contributed by atoms with E-state index in [1.807, 2.05) is 0 Å². The lowest BCUT2D eigenvalue weighted by molar-refractivity contribution is -0.0210. The van der Waals surface area contributed by atoms with Gasteiger partial charge in [-0.25, -0.2) is 0 Å². The van der Waals surface area contributed by atoms with Crippen LogP contribution in [0.2, 0.25) is 0 Å². The molecule has 0 aliphatic rings. The van der Waals surface area contributed by atoms with E-state index in [-0.39, 0.29) is 11.0 Å². The fourth-order valence-electron chi connectivity index (χ4n) is 1.14. The maximum atomic E-state index is 5.59. The minimum Gasteiger partial charge on any atom is -0.379 e. The predicted octanol–water partition coefficient (Wildman–Crippen LogP) is 3.27. The summed E-state index contributed by atoms with van der Waals surface area (Å²) < 4.78 is 16.6. The van der Waals surface area contributed by atoms with Crippen LogP contribution < -0.4 is 0 Å². The maximum Gasteiger partial charge on any atom is 0.0700 e. The highest BCUT2D eigenvalue weighted by atomic mass is 16.5. The molecule has 104 valence electrons. The molecule has 0 saturated heterocycles. The molecule has 0 fully saturated rings. The average Bonchev–Trinajstić information content (AvgIpc) is 2.11. The molecular weight excluding hydrogens is 216 g/mol. The highest BCUT2D eigenvalue weighted by molar-refractivity contribution is 4.59. The molecular formula is C14H30O3. The van der Waals surface area contributed by atoms with Gasteiger partial charge in [-0.3, -0.25) is 0 Å². The van der Waals surface area contributed by atoms with E-state index < -0.39 is 0 Å². The molecule has 0 aliphatic carbocycles. The summed E-state index contributed by atoms with van der Waals surface area (Å²) in [4.78, 5) is 0. The average molecular weight is 246 g/mol. The maximum absolute atomic E-state index is 5.59. The van der Waals surface area contributed by atoms with Crippen molar-refractivity contribution in [2.45, 2.75) is 53.6 Å². The molecule has 0 rings (SSSR count). The Morgan fingerprint density at radius 3 is 1.82 bits per heavy atom. The summed E-state index contributed by atoms with van der Waals surface area (Å²) in [5, 5.41) is 0. The zero-order valence-electron chi connectivity index (χ0n) is 12.5. The summed E-state index contributed by atoms with van der Waals surface area (Å²) in [5.41, 5.74) is 0.191. The molecule has 0 aliphatic heterocycles. The van der Waals surface area contributed by atoms with Crippen molar-refractivity contribution in [2.24, 2.45) is 5.41 Å². The molecule has 0 amide bonds. The summed E-state index contributed by atoms with van der Waals surface area (Å²) >= 11 is 0.